The van der Waals surface area contributed by atoms with Crippen molar-refractivity contribution in [2.75, 3.05) is 18.2 Å². The van der Waals surface area contributed by atoms with E-state index in [1.807, 2.05) is 12.1 Å². The third-order valence-electron chi connectivity index (χ3n) is 2.63. The van der Waals surface area contributed by atoms with Gasteiger partial charge in [0.25, 0.3) is 0 Å². The summed E-state index contributed by atoms with van der Waals surface area (Å²) in [6.07, 6.45) is 0. The van der Waals surface area contributed by atoms with Crippen LogP contribution >= 0.6 is 11.8 Å². The van der Waals surface area contributed by atoms with E-state index in [1.54, 1.807) is 19.2 Å². The molecule has 110 valence electrons. The third-order valence-corrected chi connectivity index (χ3v) is 3.64. The topological polar surface area (TPSA) is 38.3 Å². The van der Waals surface area contributed by atoms with Crippen LogP contribution in [0, 0.1) is 11.6 Å². The summed E-state index contributed by atoms with van der Waals surface area (Å²) in [5.41, 5.74) is 0.231. The summed E-state index contributed by atoms with van der Waals surface area (Å²) in [5.74, 6) is -1.31. The lowest BCUT2D eigenvalue weighted by Gasteiger charge is -2.06. The standard InChI is InChI=1S/C15H13F2NO2S/c1-20-11-3-5-12(6-4-11)21-9-15(19)18-10-2-7-13(16)14(17)8-10/h2-8H,9H2,1H3,(H,18,19). The molecular formula is C15H13F2NO2S. The van der Waals surface area contributed by atoms with Gasteiger partial charge < -0.3 is 10.1 Å². The number of rotatable bonds is 5. The Hall–Kier alpha value is -2.08. The molecule has 2 aromatic rings. The van der Waals surface area contributed by atoms with Crippen molar-refractivity contribution in [3.05, 3.63) is 54.1 Å². The highest BCUT2D eigenvalue weighted by Crippen LogP contribution is 2.21. The summed E-state index contributed by atoms with van der Waals surface area (Å²) >= 11 is 1.34. The second kappa shape index (κ2) is 7.08. The van der Waals surface area contributed by atoms with Gasteiger partial charge in [-0.3, -0.25) is 4.79 Å². The van der Waals surface area contributed by atoms with Crippen LogP contribution in [0.15, 0.2) is 47.4 Å². The predicted octanol–water partition coefficient (Wildman–Crippen LogP) is 3.70. The second-order valence-electron chi connectivity index (χ2n) is 4.14. The number of benzene rings is 2. The maximum Gasteiger partial charge on any atom is 0.234 e. The molecular weight excluding hydrogens is 296 g/mol. The Balaban J connectivity index is 1.87. The summed E-state index contributed by atoms with van der Waals surface area (Å²) < 4.78 is 30.8. The van der Waals surface area contributed by atoms with E-state index in [0.29, 0.717) is 0 Å². The van der Waals surface area contributed by atoms with E-state index in [2.05, 4.69) is 5.32 Å². The summed E-state index contributed by atoms with van der Waals surface area (Å²) in [4.78, 5) is 12.6. The van der Waals surface area contributed by atoms with E-state index < -0.39 is 11.6 Å². The lowest BCUT2D eigenvalue weighted by Crippen LogP contribution is -2.14. The van der Waals surface area contributed by atoms with Gasteiger partial charge in [0, 0.05) is 16.6 Å². The van der Waals surface area contributed by atoms with E-state index in [1.165, 1.54) is 17.8 Å². The highest BCUT2D eigenvalue weighted by Gasteiger charge is 2.07. The molecule has 3 nitrogen and oxygen atoms in total. The van der Waals surface area contributed by atoms with Crippen LogP contribution in [0.5, 0.6) is 5.75 Å². The maximum atomic E-state index is 13.0. The molecule has 0 unspecified atom stereocenters. The summed E-state index contributed by atoms with van der Waals surface area (Å²) in [7, 11) is 1.58. The maximum absolute atomic E-state index is 13.0. The van der Waals surface area contributed by atoms with Crippen molar-refractivity contribution in [1.29, 1.82) is 0 Å². The molecule has 0 fully saturated rings. The number of methoxy groups -OCH3 is 1. The fourth-order valence-electron chi connectivity index (χ4n) is 1.59. The molecule has 1 N–H and O–H groups in total. The van der Waals surface area contributed by atoms with Crippen molar-refractivity contribution in [1.82, 2.24) is 0 Å². The van der Waals surface area contributed by atoms with Crippen LogP contribution in [-0.4, -0.2) is 18.8 Å². The van der Waals surface area contributed by atoms with E-state index in [9.17, 15) is 13.6 Å². The first-order valence-electron chi connectivity index (χ1n) is 6.10. The van der Waals surface area contributed by atoms with E-state index in [0.717, 1.165) is 22.8 Å². The zero-order valence-electron chi connectivity index (χ0n) is 11.2. The number of hydrogen-bond donors (Lipinski definition) is 1. The van der Waals surface area contributed by atoms with Gasteiger partial charge in [0.2, 0.25) is 5.91 Å². The van der Waals surface area contributed by atoms with Gasteiger partial charge >= 0.3 is 0 Å². The number of carbonyl (C=O) groups is 1. The van der Waals surface area contributed by atoms with Crippen molar-refractivity contribution in [3.8, 4) is 5.75 Å². The normalized spacial score (nSPS) is 10.2. The number of nitrogens with one attached hydrogen (secondary N) is 1. The minimum absolute atomic E-state index is 0.172. The number of halogens is 2. The van der Waals surface area contributed by atoms with Gasteiger partial charge in [-0.15, -0.1) is 11.8 Å². The summed E-state index contributed by atoms with van der Waals surface area (Å²) in [6, 6.07) is 10.5. The average Bonchev–Trinajstić information content (AvgIpc) is 2.49. The van der Waals surface area contributed by atoms with Crippen LogP contribution in [0.1, 0.15) is 0 Å². The molecule has 0 aromatic heterocycles. The molecule has 21 heavy (non-hydrogen) atoms. The van der Waals surface area contributed by atoms with Crippen molar-refractivity contribution in [2.24, 2.45) is 0 Å². The Labute approximate surface area is 125 Å². The summed E-state index contributed by atoms with van der Waals surface area (Å²) in [5, 5.41) is 2.51. The van der Waals surface area contributed by atoms with Crippen molar-refractivity contribution >= 4 is 23.4 Å². The molecule has 0 heterocycles. The number of anilines is 1. The quantitative estimate of drug-likeness (QED) is 0.856. The molecule has 0 spiro atoms. The zero-order chi connectivity index (χ0) is 15.2. The fourth-order valence-corrected chi connectivity index (χ4v) is 2.29. The van der Waals surface area contributed by atoms with Crippen molar-refractivity contribution in [3.63, 3.8) is 0 Å². The molecule has 0 aliphatic carbocycles. The Morgan fingerprint density at radius 2 is 1.86 bits per heavy atom. The van der Waals surface area contributed by atoms with E-state index in [-0.39, 0.29) is 17.3 Å². The molecule has 2 aromatic carbocycles. The molecule has 0 bridgehead atoms. The Morgan fingerprint density at radius 3 is 2.48 bits per heavy atom. The number of hydrogen-bond acceptors (Lipinski definition) is 3. The van der Waals surface area contributed by atoms with Crippen LogP contribution in [-0.2, 0) is 4.79 Å². The van der Waals surface area contributed by atoms with Gasteiger partial charge in [0.1, 0.15) is 5.75 Å². The van der Waals surface area contributed by atoms with Gasteiger partial charge in [-0.25, -0.2) is 8.78 Å². The van der Waals surface area contributed by atoms with Gasteiger partial charge in [-0.2, -0.15) is 0 Å². The smallest absolute Gasteiger partial charge is 0.234 e. The van der Waals surface area contributed by atoms with Crippen LogP contribution in [0.3, 0.4) is 0 Å². The Morgan fingerprint density at radius 1 is 1.14 bits per heavy atom. The molecule has 0 atom stereocenters. The van der Waals surface area contributed by atoms with Gasteiger partial charge in [0.05, 0.1) is 12.9 Å². The SMILES string of the molecule is COc1ccc(SCC(=O)Nc2ccc(F)c(F)c2)cc1. The van der Waals surface area contributed by atoms with E-state index >= 15 is 0 Å². The molecule has 0 saturated heterocycles. The van der Waals surface area contributed by atoms with E-state index in [4.69, 9.17) is 4.74 Å². The predicted molar refractivity (Wildman–Crippen MR) is 78.7 cm³/mol. The molecule has 0 saturated carbocycles. The minimum Gasteiger partial charge on any atom is -0.497 e. The number of ether oxygens (including phenoxy) is 1. The van der Waals surface area contributed by atoms with Crippen molar-refractivity contribution in [2.45, 2.75) is 4.90 Å². The van der Waals surface area contributed by atoms with Gasteiger partial charge in [-0.1, -0.05) is 0 Å². The first-order valence-corrected chi connectivity index (χ1v) is 7.09. The lowest BCUT2D eigenvalue weighted by molar-refractivity contribution is -0.113. The van der Waals surface area contributed by atoms with Crippen LogP contribution in [0.4, 0.5) is 14.5 Å². The monoisotopic (exact) mass is 309 g/mol. The molecule has 6 heteroatoms. The van der Waals surface area contributed by atoms with Crippen molar-refractivity contribution < 1.29 is 18.3 Å². The highest BCUT2D eigenvalue weighted by atomic mass is 32.2. The molecule has 2 rings (SSSR count). The second-order valence-corrected chi connectivity index (χ2v) is 5.19. The molecule has 0 radical (unpaired) electrons. The Kier molecular flexibility index (Phi) is 5.16. The first kappa shape index (κ1) is 15.3. The van der Waals surface area contributed by atoms with Crippen LogP contribution in [0.2, 0.25) is 0 Å². The van der Waals surface area contributed by atoms with Crippen LogP contribution < -0.4 is 10.1 Å². The average molecular weight is 309 g/mol. The summed E-state index contributed by atoms with van der Waals surface area (Å²) in [6.45, 7) is 0. The third kappa shape index (κ3) is 4.46. The molecule has 0 aliphatic rings. The number of amides is 1. The van der Waals surface area contributed by atoms with Gasteiger partial charge in [0.15, 0.2) is 11.6 Å². The molecule has 1 amide bonds. The first-order chi connectivity index (χ1) is 10.1. The lowest BCUT2D eigenvalue weighted by atomic mass is 10.3. The minimum atomic E-state index is -0.990. The Bertz CT molecular complexity index is 632. The number of carbonyl (C=O) groups excluding carboxylic acids is 1. The zero-order valence-corrected chi connectivity index (χ0v) is 12.0. The number of thioether (sulfide) groups is 1. The highest BCUT2D eigenvalue weighted by molar-refractivity contribution is 8.00. The fraction of sp³-hybridized carbons (Fsp3) is 0.133. The molecule has 0 aliphatic heterocycles. The van der Waals surface area contributed by atoms with Crippen LogP contribution in [0.25, 0.3) is 0 Å². The van der Waals surface area contributed by atoms with Gasteiger partial charge in [-0.05, 0) is 36.4 Å². The largest absolute Gasteiger partial charge is 0.497 e.